The topological polar surface area (TPSA) is 27.6 Å². The SMILES string of the molecule is CC(C)[PH+](CC[NH3+])C(C)C.F[B-](F)(F)F.F[B-](F)(F)F. The molecule has 0 saturated carbocycles. The van der Waals surface area contributed by atoms with Crippen molar-refractivity contribution in [2.45, 2.75) is 39.0 Å². The Morgan fingerprint density at radius 2 is 0.950 bits per heavy atom. The van der Waals surface area contributed by atoms with Crippen LogP contribution >= 0.6 is 7.92 Å². The number of quaternary nitrogens is 1. The minimum absolute atomic E-state index is 0.0921. The van der Waals surface area contributed by atoms with Gasteiger partial charge in [0.25, 0.3) is 0 Å². The van der Waals surface area contributed by atoms with Crippen molar-refractivity contribution in [2.24, 2.45) is 0 Å². The Kier molecular flexibility index (Phi) is 14.5. The number of hydrogen-bond donors (Lipinski definition) is 1. The molecular formula is C8H22B2F8NP. The summed E-state index contributed by atoms with van der Waals surface area (Å²) in [5.41, 5.74) is 5.76. The van der Waals surface area contributed by atoms with E-state index in [0.29, 0.717) is 0 Å². The van der Waals surface area contributed by atoms with Crippen LogP contribution in [0.25, 0.3) is 0 Å². The molecule has 0 amide bonds. The lowest BCUT2D eigenvalue weighted by molar-refractivity contribution is -0.360. The molecule has 0 fully saturated rings. The second-order valence-corrected chi connectivity index (χ2v) is 8.44. The summed E-state index contributed by atoms with van der Waals surface area (Å²) in [5, 5.41) is 0. The number of hydrogen-bond acceptors (Lipinski definition) is 0. The Hall–Kier alpha value is -0.0401. The highest BCUT2D eigenvalue weighted by molar-refractivity contribution is 7.59. The van der Waals surface area contributed by atoms with Crippen LogP contribution < -0.4 is 5.73 Å². The molecule has 0 aliphatic rings. The molecule has 1 nitrogen and oxygen atoms in total. The zero-order valence-corrected chi connectivity index (χ0v) is 13.0. The van der Waals surface area contributed by atoms with E-state index < -0.39 is 14.5 Å². The predicted octanol–water partition coefficient (Wildman–Crippen LogP) is 3.86. The van der Waals surface area contributed by atoms with E-state index in [1.54, 1.807) is 0 Å². The third kappa shape index (κ3) is 43.0. The lowest BCUT2D eigenvalue weighted by Gasteiger charge is -2.15. The molecule has 0 aromatic carbocycles. The van der Waals surface area contributed by atoms with E-state index >= 15 is 0 Å². The van der Waals surface area contributed by atoms with Crippen molar-refractivity contribution in [3.63, 3.8) is 0 Å². The maximum atomic E-state index is 9.75. The summed E-state index contributed by atoms with van der Waals surface area (Å²) in [4.78, 5) is 0. The molecular weight excluding hydrogens is 315 g/mol. The van der Waals surface area contributed by atoms with Crippen LogP contribution in [0.3, 0.4) is 0 Å². The number of halogens is 8. The summed E-state index contributed by atoms with van der Waals surface area (Å²) >= 11 is 0. The first-order valence-electron chi connectivity index (χ1n) is 5.99. The molecule has 0 unspecified atom stereocenters. The van der Waals surface area contributed by atoms with Gasteiger partial charge in [0, 0.05) is 7.92 Å². The van der Waals surface area contributed by atoms with E-state index in [1.165, 1.54) is 6.16 Å². The van der Waals surface area contributed by atoms with Crippen molar-refractivity contribution >= 4 is 22.4 Å². The van der Waals surface area contributed by atoms with E-state index in [1.807, 2.05) is 0 Å². The molecule has 0 spiro atoms. The van der Waals surface area contributed by atoms with Gasteiger partial charge in [0.05, 0.1) is 11.3 Å². The van der Waals surface area contributed by atoms with Crippen molar-refractivity contribution in [3.8, 4) is 0 Å². The van der Waals surface area contributed by atoms with Crippen molar-refractivity contribution < 1.29 is 40.3 Å². The Labute approximate surface area is 115 Å². The second kappa shape index (κ2) is 11.6. The molecule has 3 N–H and O–H groups in total. The third-order valence-electron chi connectivity index (χ3n) is 1.95. The van der Waals surface area contributed by atoms with Crippen molar-refractivity contribution in [1.29, 1.82) is 0 Å². The van der Waals surface area contributed by atoms with Crippen LogP contribution in [-0.2, 0) is 0 Å². The molecule has 0 aliphatic heterocycles. The van der Waals surface area contributed by atoms with Crippen LogP contribution in [0.4, 0.5) is 34.5 Å². The highest BCUT2D eigenvalue weighted by atomic mass is 31.1. The lowest BCUT2D eigenvalue weighted by Crippen LogP contribution is -2.52. The van der Waals surface area contributed by atoms with E-state index in [9.17, 15) is 34.5 Å². The lowest BCUT2D eigenvalue weighted by atomic mass is 10.3. The summed E-state index contributed by atoms with van der Waals surface area (Å²) in [5.74, 6) is 0. The van der Waals surface area contributed by atoms with Gasteiger partial charge in [-0.3, -0.25) is 0 Å². The highest BCUT2D eigenvalue weighted by Gasteiger charge is 2.23. The fraction of sp³-hybridized carbons (Fsp3) is 1.00. The normalized spacial score (nSPS) is 12.0. The zero-order valence-electron chi connectivity index (χ0n) is 12.0. The molecule has 0 rings (SSSR count). The fourth-order valence-electron chi connectivity index (χ4n) is 1.45. The number of rotatable bonds is 4. The van der Waals surface area contributed by atoms with Crippen LogP contribution in [0.15, 0.2) is 0 Å². The van der Waals surface area contributed by atoms with Gasteiger partial charge in [-0.1, -0.05) is 0 Å². The van der Waals surface area contributed by atoms with Crippen LogP contribution in [0, 0.1) is 0 Å². The quantitative estimate of drug-likeness (QED) is 0.459. The van der Waals surface area contributed by atoms with Crippen molar-refractivity contribution in [3.05, 3.63) is 0 Å². The molecule has 0 aliphatic carbocycles. The van der Waals surface area contributed by atoms with Crippen LogP contribution in [0.1, 0.15) is 27.7 Å². The molecule has 12 heteroatoms. The van der Waals surface area contributed by atoms with Gasteiger partial charge in [0.2, 0.25) is 0 Å². The van der Waals surface area contributed by atoms with E-state index in [0.717, 1.165) is 17.9 Å². The van der Waals surface area contributed by atoms with Crippen LogP contribution in [0.2, 0.25) is 0 Å². The first kappa shape index (κ1) is 24.9. The van der Waals surface area contributed by atoms with Gasteiger partial charge in [-0.25, -0.2) is 0 Å². The Balaban J connectivity index is -0.000000244. The Bertz CT molecular complexity index is 190. The van der Waals surface area contributed by atoms with Gasteiger partial charge in [-0.05, 0) is 27.7 Å². The average molecular weight is 337 g/mol. The summed E-state index contributed by atoms with van der Waals surface area (Å²) in [6.07, 6.45) is 1.39. The monoisotopic (exact) mass is 337 g/mol. The summed E-state index contributed by atoms with van der Waals surface area (Å²) in [6, 6.07) is 0. The van der Waals surface area contributed by atoms with Gasteiger partial charge in [-0.2, -0.15) is 0 Å². The minimum atomic E-state index is -6.00. The van der Waals surface area contributed by atoms with E-state index in [-0.39, 0.29) is 7.92 Å². The van der Waals surface area contributed by atoms with E-state index in [2.05, 4.69) is 33.4 Å². The minimum Gasteiger partial charge on any atom is -0.418 e. The standard InChI is InChI=1S/C8H20NP.2BF4/c1-7(2)10(6-5-9)8(3)4;2*2-1(3,4)5/h7-8H,5-6,9H2,1-4H3;;/q;2*-1/p+2. The maximum absolute atomic E-state index is 9.75. The fourth-order valence-corrected chi connectivity index (χ4v) is 4.34. The summed E-state index contributed by atoms with van der Waals surface area (Å²) < 4.78 is 78.0. The highest BCUT2D eigenvalue weighted by Crippen LogP contribution is 2.44. The molecule has 0 saturated heterocycles. The van der Waals surface area contributed by atoms with Gasteiger partial charge in [0.15, 0.2) is 0 Å². The largest absolute Gasteiger partial charge is 0.673 e. The molecule has 20 heavy (non-hydrogen) atoms. The van der Waals surface area contributed by atoms with Gasteiger partial charge in [-0.15, -0.1) is 0 Å². The maximum Gasteiger partial charge on any atom is 0.673 e. The molecule has 0 radical (unpaired) electrons. The Morgan fingerprint density at radius 3 is 1.00 bits per heavy atom. The van der Waals surface area contributed by atoms with Gasteiger partial charge < -0.3 is 40.3 Å². The zero-order chi connectivity index (χ0) is 17.1. The Morgan fingerprint density at radius 1 is 0.750 bits per heavy atom. The summed E-state index contributed by atoms with van der Waals surface area (Å²) in [6.45, 7) is 10.5. The molecule has 0 aromatic heterocycles. The predicted molar refractivity (Wildman–Crippen MR) is 71.6 cm³/mol. The molecule has 0 aromatic rings. The molecule has 0 bridgehead atoms. The average Bonchev–Trinajstić information content (AvgIpc) is 2.07. The first-order chi connectivity index (χ1) is 8.59. The third-order valence-corrected chi connectivity index (χ3v) is 5.85. The smallest absolute Gasteiger partial charge is 0.418 e. The van der Waals surface area contributed by atoms with Gasteiger partial charge in [0.1, 0.15) is 12.7 Å². The van der Waals surface area contributed by atoms with Crippen LogP contribution in [0.5, 0.6) is 0 Å². The molecule has 126 valence electrons. The molecule has 0 heterocycles. The summed E-state index contributed by atoms with van der Waals surface area (Å²) in [7, 11) is -12.1. The van der Waals surface area contributed by atoms with Gasteiger partial charge >= 0.3 is 14.5 Å². The molecule has 0 atom stereocenters. The second-order valence-electron chi connectivity index (χ2n) is 4.48. The van der Waals surface area contributed by atoms with E-state index in [4.69, 9.17) is 0 Å². The van der Waals surface area contributed by atoms with Crippen LogP contribution in [-0.4, -0.2) is 38.5 Å². The van der Waals surface area contributed by atoms with Crippen molar-refractivity contribution in [2.75, 3.05) is 12.7 Å². The first-order valence-corrected chi connectivity index (χ1v) is 7.85. The van der Waals surface area contributed by atoms with Crippen molar-refractivity contribution in [1.82, 2.24) is 0 Å².